The maximum absolute atomic E-state index is 10.9. The van der Waals surface area contributed by atoms with Crippen LogP contribution in [0.4, 0.5) is 0 Å². The normalized spacial score (nSPS) is 12.6. The monoisotopic (exact) mass is 162 g/mol. The van der Waals surface area contributed by atoms with Crippen molar-refractivity contribution in [1.29, 1.82) is 0 Å². The fourth-order valence-corrected chi connectivity index (χ4v) is 1.21. The molecular weight excluding hydrogens is 148 g/mol. The third-order valence-corrected chi connectivity index (χ3v) is 2.20. The van der Waals surface area contributed by atoms with Crippen LogP contribution in [0.15, 0.2) is 12.8 Å². The summed E-state index contributed by atoms with van der Waals surface area (Å²) >= 11 is 0. The zero-order valence-electron chi connectivity index (χ0n) is 6.46. The lowest BCUT2D eigenvalue weighted by molar-refractivity contribution is 0.459. The zero-order valence-corrected chi connectivity index (χ0v) is 7.28. The van der Waals surface area contributed by atoms with E-state index >= 15 is 0 Å². The van der Waals surface area contributed by atoms with Crippen molar-refractivity contribution in [2.75, 3.05) is 19.5 Å². The standard InChI is InChI=1S/C6H14N2OS/c1-4-8(5-2)6-10(9)7-3/h4,7H,1,5-6H2,2-3H3. The largest absolute Gasteiger partial charge is 0.365 e. The third-order valence-electron chi connectivity index (χ3n) is 1.18. The summed E-state index contributed by atoms with van der Waals surface area (Å²) in [5, 5.41) is 0. The van der Waals surface area contributed by atoms with Gasteiger partial charge in [0, 0.05) is 6.54 Å². The molecule has 0 spiro atoms. The molecule has 10 heavy (non-hydrogen) atoms. The lowest BCUT2D eigenvalue weighted by Gasteiger charge is -2.15. The second kappa shape index (κ2) is 5.44. The van der Waals surface area contributed by atoms with E-state index in [9.17, 15) is 4.21 Å². The van der Waals surface area contributed by atoms with Gasteiger partial charge in [0.15, 0.2) is 0 Å². The molecule has 0 aliphatic rings. The summed E-state index contributed by atoms with van der Waals surface area (Å²) in [6.45, 7) is 6.42. The maximum atomic E-state index is 10.9. The number of nitrogens with zero attached hydrogens (tertiary/aromatic N) is 1. The van der Waals surface area contributed by atoms with Crippen molar-refractivity contribution < 1.29 is 4.21 Å². The van der Waals surface area contributed by atoms with Gasteiger partial charge in [-0.25, -0.2) is 8.93 Å². The average molecular weight is 162 g/mol. The summed E-state index contributed by atoms with van der Waals surface area (Å²) in [5.41, 5.74) is 0. The van der Waals surface area contributed by atoms with Crippen LogP contribution in [-0.4, -0.2) is 28.6 Å². The molecule has 0 aliphatic heterocycles. The summed E-state index contributed by atoms with van der Waals surface area (Å²) in [6.07, 6.45) is 1.69. The zero-order chi connectivity index (χ0) is 7.98. The summed E-state index contributed by atoms with van der Waals surface area (Å²) in [7, 11) is 0.722. The molecule has 0 amide bonds. The fraction of sp³-hybridized carbons (Fsp3) is 0.667. The highest BCUT2D eigenvalue weighted by Gasteiger charge is 1.98. The van der Waals surface area contributed by atoms with Gasteiger partial charge in [-0.2, -0.15) is 0 Å². The molecule has 1 unspecified atom stereocenters. The van der Waals surface area contributed by atoms with Crippen LogP contribution in [0.3, 0.4) is 0 Å². The molecule has 0 aromatic heterocycles. The molecule has 0 aromatic carbocycles. The van der Waals surface area contributed by atoms with Crippen molar-refractivity contribution in [3.8, 4) is 0 Å². The lowest BCUT2D eigenvalue weighted by Crippen LogP contribution is -2.26. The van der Waals surface area contributed by atoms with Crippen molar-refractivity contribution in [2.45, 2.75) is 6.92 Å². The number of nitrogens with one attached hydrogen (secondary N) is 1. The Kier molecular flexibility index (Phi) is 5.25. The van der Waals surface area contributed by atoms with Gasteiger partial charge >= 0.3 is 0 Å². The first-order chi connectivity index (χ1) is 4.74. The lowest BCUT2D eigenvalue weighted by atomic mass is 10.6. The molecule has 0 saturated carbocycles. The van der Waals surface area contributed by atoms with Gasteiger partial charge in [-0.15, -0.1) is 0 Å². The first kappa shape index (κ1) is 9.65. The van der Waals surface area contributed by atoms with E-state index in [1.54, 1.807) is 13.2 Å². The van der Waals surface area contributed by atoms with Crippen molar-refractivity contribution in [1.82, 2.24) is 9.62 Å². The highest BCUT2D eigenvalue weighted by atomic mass is 32.2. The van der Waals surface area contributed by atoms with Gasteiger partial charge < -0.3 is 4.90 Å². The summed E-state index contributed by atoms with van der Waals surface area (Å²) in [6, 6.07) is 0. The van der Waals surface area contributed by atoms with Gasteiger partial charge in [-0.05, 0) is 20.2 Å². The third kappa shape index (κ3) is 3.63. The second-order valence-corrected chi connectivity index (χ2v) is 3.12. The minimum atomic E-state index is -0.952. The number of hydrogen-bond donors (Lipinski definition) is 1. The topological polar surface area (TPSA) is 32.3 Å². The van der Waals surface area contributed by atoms with Crippen molar-refractivity contribution in [3.63, 3.8) is 0 Å². The van der Waals surface area contributed by atoms with Gasteiger partial charge in [0.05, 0.1) is 0 Å². The Labute approximate surface area is 64.7 Å². The van der Waals surface area contributed by atoms with Crippen LogP contribution >= 0.6 is 0 Å². The molecule has 0 aromatic rings. The summed E-state index contributed by atoms with van der Waals surface area (Å²) in [5.74, 6) is 0.510. The summed E-state index contributed by atoms with van der Waals surface area (Å²) in [4.78, 5) is 1.88. The van der Waals surface area contributed by atoms with E-state index in [2.05, 4.69) is 11.3 Å². The quantitative estimate of drug-likeness (QED) is 0.630. The van der Waals surface area contributed by atoms with E-state index in [1.807, 2.05) is 11.8 Å². The molecule has 0 heterocycles. The van der Waals surface area contributed by atoms with Crippen molar-refractivity contribution >= 4 is 11.0 Å². The van der Waals surface area contributed by atoms with Crippen LogP contribution in [0.1, 0.15) is 6.92 Å². The van der Waals surface area contributed by atoms with Crippen molar-refractivity contribution in [3.05, 3.63) is 12.8 Å². The van der Waals surface area contributed by atoms with Gasteiger partial charge in [-0.1, -0.05) is 6.58 Å². The smallest absolute Gasteiger partial charge is 0.111 e. The minimum absolute atomic E-state index is 0.510. The maximum Gasteiger partial charge on any atom is 0.111 e. The number of hydrogen-bond acceptors (Lipinski definition) is 2. The van der Waals surface area contributed by atoms with Crippen LogP contribution in [0.2, 0.25) is 0 Å². The molecule has 1 atom stereocenters. The molecule has 1 N–H and O–H groups in total. The van der Waals surface area contributed by atoms with Crippen LogP contribution < -0.4 is 4.72 Å². The predicted molar refractivity (Wildman–Crippen MR) is 44.6 cm³/mol. The first-order valence-electron chi connectivity index (χ1n) is 3.17. The average Bonchev–Trinajstić information content (AvgIpc) is 1.99. The Morgan fingerprint density at radius 3 is 2.70 bits per heavy atom. The van der Waals surface area contributed by atoms with Crippen LogP contribution in [0.5, 0.6) is 0 Å². The number of rotatable bonds is 5. The molecule has 3 nitrogen and oxygen atoms in total. The highest BCUT2D eigenvalue weighted by Crippen LogP contribution is 1.88. The van der Waals surface area contributed by atoms with E-state index in [4.69, 9.17) is 0 Å². The van der Waals surface area contributed by atoms with E-state index in [1.165, 1.54) is 0 Å². The van der Waals surface area contributed by atoms with Gasteiger partial charge in [0.2, 0.25) is 0 Å². The second-order valence-electron chi connectivity index (χ2n) is 1.77. The predicted octanol–water partition coefficient (Wildman–Crippen LogP) is 0.292. The Morgan fingerprint density at radius 1 is 1.80 bits per heavy atom. The Balaban J connectivity index is 3.62. The highest BCUT2D eigenvalue weighted by molar-refractivity contribution is 7.82. The molecule has 0 saturated heterocycles. The molecule has 60 valence electrons. The van der Waals surface area contributed by atoms with Crippen LogP contribution in [0, 0.1) is 0 Å². The molecule has 4 heteroatoms. The van der Waals surface area contributed by atoms with Crippen LogP contribution in [-0.2, 0) is 11.0 Å². The van der Waals surface area contributed by atoms with Crippen LogP contribution in [0.25, 0.3) is 0 Å². The summed E-state index contributed by atoms with van der Waals surface area (Å²) < 4.78 is 13.5. The molecule has 0 rings (SSSR count). The van der Waals surface area contributed by atoms with Gasteiger partial charge in [0.25, 0.3) is 0 Å². The van der Waals surface area contributed by atoms with Crippen molar-refractivity contribution in [2.24, 2.45) is 0 Å². The molecule has 0 fully saturated rings. The van der Waals surface area contributed by atoms with E-state index < -0.39 is 11.0 Å². The Morgan fingerprint density at radius 2 is 2.40 bits per heavy atom. The molecule has 0 aliphatic carbocycles. The minimum Gasteiger partial charge on any atom is -0.365 e. The van der Waals surface area contributed by atoms with Gasteiger partial charge in [0.1, 0.15) is 16.9 Å². The SMILES string of the molecule is C=CN(CC)CS(=O)NC. The van der Waals surface area contributed by atoms with Gasteiger partial charge in [-0.3, -0.25) is 0 Å². The molecular formula is C6H14N2OS. The van der Waals surface area contributed by atoms with E-state index in [0.29, 0.717) is 5.88 Å². The molecule has 0 radical (unpaired) electrons. The fourth-order valence-electron chi connectivity index (χ4n) is 0.488. The Hall–Kier alpha value is -0.350. The molecule has 0 bridgehead atoms. The van der Waals surface area contributed by atoms with E-state index in [-0.39, 0.29) is 0 Å². The first-order valence-corrected chi connectivity index (χ1v) is 4.48. The Bertz CT molecular complexity index is 127. The van der Waals surface area contributed by atoms with E-state index in [0.717, 1.165) is 6.54 Å².